The molecule has 4 rings (SSSR count). The topological polar surface area (TPSA) is 87.3 Å². The predicted molar refractivity (Wildman–Crippen MR) is 128 cm³/mol. The Balaban J connectivity index is 1.55. The van der Waals surface area contributed by atoms with Gasteiger partial charge in [0.1, 0.15) is 0 Å². The maximum atomic E-state index is 13.1. The van der Waals surface area contributed by atoms with Gasteiger partial charge >= 0.3 is 0 Å². The number of carbonyl (C=O) groups is 3. The number of anilines is 3. The third-order valence-corrected chi connectivity index (χ3v) is 5.42. The molecule has 164 valence electrons. The minimum absolute atomic E-state index is 0.0354. The maximum Gasteiger partial charge on any atom is 0.257 e. The first-order chi connectivity index (χ1) is 15.2. The summed E-state index contributed by atoms with van der Waals surface area (Å²) in [5.41, 5.74) is 1.67. The summed E-state index contributed by atoms with van der Waals surface area (Å²) in [5, 5.41) is 10.6. The molecular weight excluding hydrogens is 402 g/mol. The van der Waals surface area contributed by atoms with Crippen molar-refractivity contribution in [1.29, 1.82) is 0 Å². The van der Waals surface area contributed by atoms with Crippen LogP contribution in [0.1, 0.15) is 44.0 Å². The number of benzene rings is 3. The monoisotopic (exact) mass is 429 g/mol. The molecule has 0 aromatic heterocycles. The third kappa shape index (κ3) is 4.97. The van der Waals surface area contributed by atoms with Crippen LogP contribution in [0.3, 0.4) is 0 Å². The Morgan fingerprint density at radius 2 is 1.34 bits per heavy atom. The number of carbonyl (C=O) groups excluding carboxylic acids is 3. The number of rotatable bonds is 5. The fourth-order valence-corrected chi connectivity index (χ4v) is 3.27. The van der Waals surface area contributed by atoms with Gasteiger partial charge in [-0.25, -0.2) is 0 Å². The van der Waals surface area contributed by atoms with Crippen LogP contribution < -0.4 is 16.0 Å². The molecule has 32 heavy (non-hydrogen) atoms. The lowest BCUT2D eigenvalue weighted by Gasteiger charge is -2.18. The van der Waals surface area contributed by atoms with E-state index in [1.54, 1.807) is 30.3 Å². The average molecular weight is 430 g/mol. The summed E-state index contributed by atoms with van der Waals surface area (Å²) in [6.45, 7) is 5.54. The molecule has 3 aromatic carbocycles. The van der Waals surface area contributed by atoms with E-state index < -0.39 is 5.41 Å². The Morgan fingerprint density at radius 1 is 0.781 bits per heavy atom. The van der Waals surface area contributed by atoms with Crippen LogP contribution in [-0.2, 0) is 9.59 Å². The van der Waals surface area contributed by atoms with Gasteiger partial charge in [0.05, 0.1) is 11.3 Å². The molecule has 0 bridgehead atoms. The van der Waals surface area contributed by atoms with Crippen LogP contribution in [0, 0.1) is 11.3 Å². The maximum absolute atomic E-state index is 13.1. The standard InChI is InChI=1S/C26H27N3O3/c1-26(2,3)25(32)28-20-12-10-19(11-13-20)27-24(31)21-14-17-6-4-5-7-18(17)15-22(21)29-23(30)16-8-9-16/h4-7,10-16H,8-9H2,1-3H3,(H,27,31)(H,28,32)(H,29,30). The highest BCUT2D eigenvalue weighted by molar-refractivity contribution is 6.13. The Kier molecular flexibility index (Phi) is 5.70. The third-order valence-electron chi connectivity index (χ3n) is 5.42. The second kappa shape index (κ2) is 8.46. The fourth-order valence-electron chi connectivity index (χ4n) is 3.27. The molecule has 3 N–H and O–H groups in total. The van der Waals surface area contributed by atoms with Crippen molar-refractivity contribution in [3.8, 4) is 0 Å². The molecule has 1 aliphatic rings. The van der Waals surface area contributed by atoms with E-state index >= 15 is 0 Å². The zero-order chi connectivity index (χ0) is 22.9. The van der Waals surface area contributed by atoms with Gasteiger partial charge in [-0.3, -0.25) is 14.4 Å². The summed E-state index contributed by atoms with van der Waals surface area (Å²) in [7, 11) is 0. The van der Waals surface area contributed by atoms with Crippen molar-refractivity contribution in [3.63, 3.8) is 0 Å². The van der Waals surface area contributed by atoms with Crippen molar-refractivity contribution in [3.05, 3.63) is 66.2 Å². The number of amides is 3. The van der Waals surface area contributed by atoms with Crippen LogP contribution in [0.2, 0.25) is 0 Å². The van der Waals surface area contributed by atoms with Gasteiger partial charge in [0.2, 0.25) is 11.8 Å². The van der Waals surface area contributed by atoms with E-state index in [0.717, 1.165) is 23.6 Å². The number of nitrogens with one attached hydrogen (secondary N) is 3. The summed E-state index contributed by atoms with van der Waals surface area (Å²) in [4.78, 5) is 37.6. The second-order valence-corrected chi connectivity index (χ2v) is 9.24. The molecule has 6 nitrogen and oxygen atoms in total. The van der Waals surface area contributed by atoms with Crippen molar-refractivity contribution >= 4 is 45.6 Å². The molecule has 0 aliphatic heterocycles. The summed E-state index contributed by atoms with van der Waals surface area (Å²) in [6, 6.07) is 18.3. The number of fused-ring (bicyclic) bond motifs is 1. The quantitative estimate of drug-likeness (QED) is 0.506. The molecular formula is C26H27N3O3. The van der Waals surface area contributed by atoms with E-state index in [-0.39, 0.29) is 23.6 Å². The van der Waals surface area contributed by atoms with Crippen molar-refractivity contribution in [2.45, 2.75) is 33.6 Å². The first-order valence-electron chi connectivity index (χ1n) is 10.8. The Bertz CT molecular complexity index is 1190. The van der Waals surface area contributed by atoms with Crippen LogP contribution in [0.4, 0.5) is 17.1 Å². The molecule has 6 heteroatoms. The zero-order valence-electron chi connectivity index (χ0n) is 18.5. The Morgan fingerprint density at radius 3 is 1.91 bits per heavy atom. The van der Waals surface area contributed by atoms with Crippen LogP contribution in [0.25, 0.3) is 10.8 Å². The molecule has 1 fully saturated rings. The molecule has 0 heterocycles. The van der Waals surface area contributed by atoms with E-state index in [1.807, 2.05) is 51.1 Å². The van der Waals surface area contributed by atoms with Gasteiger partial charge in [0.25, 0.3) is 5.91 Å². The molecule has 0 spiro atoms. The van der Waals surface area contributed by atoms with Gasteiger partial charge in [-0.05, 0) is 60.0 Å². The number of hydrogen-bond acceptors (Lipinski definition) is 3. The molecule has 0 radical (unpaired) electrons. The molecule has 3 aromatic rings. The predicted octanol–water partition coefficient (Wildman–Crippen LogP) is 5.43. The van der Waals surface area contributed by atoms with Crippen LogP contribution in [0.5, 0.6) is 0 Å². The fraction of sp³-hybridized carbons (Fsp3) is 0.269. The van der Waals surface area contributed by atoms with E-state index in [1.165, 1.54) is 0 Å². The highest BCUT2D eigenvalue weighted by atomic mass is 16.2. The smallest absolute Gasteiger partial charge is 0.257 e. The molecule has 1 saturated carbocycles. The molecule has 0 atom stereocenters. The summed E-state index contributed by atoms with van der Waals surface area (Å²) >= 11 is 0. The summed E-state index contributed by atoms with van der Waals surface area (Å²) < 4.78 is 0. The Labute approximate surface area is 187 Å². The van der Waals surface area contributed by atoms with Gasteiger partial charge in [-0.15, -0.1) is 0 Å². The molecule has 3 amide bonds. The van der Waals surface area contributed by atoms with Gasteiger partial charge in [0, 0.05) is 22.7 Å². The Hall–Kier alpha value is -3.67. The second-order valence-electron chi connectivity index (χ2n) is 9.24. The molecule has 0 saturated heterocycles. The van der Waals surface area contributed by atoms with E-state index in [9.17, 15) is 14.4 Å². The van der Waals surface area contributed by atoms with Crippen molar-refractivity contribution in [2.24, 2.45) is 11.3 Å². The van der Waals surface area contributed by atoms with Gasteiger partial charge in [-0.2, -0.15) is 0 Å². The van der Waals surface area contributed by atoms with E-state index in [2.05, 4.69) is 16.0 Å². The first kappa shape index (κ1) is 21.6. The van der Waals surface area contributed by atoms with Crippen LogP contribution >= 0.6 is 0 Å². The highest BCUT2D eigenvalue weighted by Crippen LogP contribution is 2.32. The number of hydrogen-bond donors (Lipinski definition) is 3. The van der Waals surface area contributed by atoms with Crippen molar-refractivity contribution < 1.29 is 14.4 Å². The lowest BCUT2D eigenvalue weighted by atomic mass is 9.95. The lowest BCUT2D eigenvalue weighted by molar-refractivity contribution is -0.123. The normalized spacial score (nSPS) is 13.5. The van der Waals surface area contributed by atoms with E-state index in [4.69, 9.17) is 0 Å². The SMILES string of the molecule is CC(C)(C)C(=O)Nc1ccc(NC(=O)c2cc3ccccc3cc2NC(=O)C2CC2)cc1. The van der Waals surface area contributed by atoms with Crippen molar-refractivity contribution in [1.82, 2.24) is 0 Å². The minimum atomic E-state index is -0.496. The average Bonchev–Trinajstić information content (AvgIpc) is 3.59. The van der Waals surface area contributed by atoms with E-state index in [0.29, 0.717) is 22.6 Å². The van der Waals surface area contributed by atoms with Crippen LogP contribution in [-0.4, -0.2) is 17.7 Å². The molecule has 1 aliphatic carbocycles. The lowest BCUT2D eigenvalue weighted by Crippen LogP contribution is -2.27. The highest BCUT2D eigenvalue weighted by Gasteiger charge is 2.30. The zero-order valence-corrected chi connectivity index (χ0v) is 18.5. The summed E-state index contributed by atoms with van der Waals surface area (Å²) in [6.07, 6.45) is 1.78. The van der Waals surface area contributed by atoms with Gasteiger partial charge < -0.3 is 16.0 Å². The minimum Gasteiger partial charge on any atom is -0.326 e. The first-order valence-corrected chi connectivity index (χ1v) is 10.8. The van der Waals surface area contributed by atoms with Gasteiger partial charge in [-0.1, -0.05) is 45.0 Å². The van der Waals surface area contributed by atoms with Gasteiger partial charge in [0.15, 0.2) is 0 Å². The largest absolute Gasteiger partial charge is 0.326 e. The van der Waals surface area contributed by atoms with Crippen molar-refractivity contribution in [2.75, 3.05) is 16.0 Å². The molecule has 0 unspecified atom stereocenters. The van der Waals surface area contributed by atoms with Crippen LogP contribution in [0.15, 0.2) is 60.7 Å². The summed E-state index contributed by atoms with van der Waals surface area (Å²) in [5.74, 6) is -0.406.